The lowest BCUT2D eigenvalue weighted by Crippen LogP contribution is -2.38. The predicted octanol–water partition coefficient (Wildman–Crippen LogP) is 5.68. The quantitative estimate of drug-likeness (QED) is 0.315. The van der Waals surface area contributed by atoms with Gasteiger partial charge >= 0.3 is 5.97 Å². The van der Waals surface area contributed by atoms with E-state index in [0.717, 1.165) is 49.8 Å². The number of rotatable bonds is 12. The van der Waals surface area contributed by atoms with Gasteiger partial charge in [-0.05, 0) is 74.9 Å². The molecular weight excluding hydrogens is 535 g/mol. The molecule has 0 bridgehead atoms. The number of aryl methyl sites for hydroxylation is 2. The molecule has 3 atom stereocenters. The average molecular weight is 576 g/mol. The Morgan fingerprint density at radius 1 is 1.24 bits per heavy atom. The number of ether oxygens (including phenoxy) is 2. The van der Waals surface area contributed by atoms with Crippen molar-refractivity contribution in [1.82, 2.24) is 9.88 Å². The summed E-state index contributed by atoms with van der Waals surface area (Å²) in [5.41, 5.74) is 0.789. The minimum Gasteiger partial charge on any atom is -0.490 e. The van der Waals surface area contributed by atoms with E-state index in [2.05, 4.69) is 17.4 Å². The number of hydrogen-bond acceptors (Lipinski definition) is 6. The number of fused-ring (bicyclic) bond motifs is 1. The van der Waals surface area contributed by atoms with E-state index < -0.39 is 29.7 Å². The lowest BCUT2D eigenvalue weighted by molar-refractivity contribution is -0.143. The van der Waals surface area contributed by atoms with Crippen molar-refractivity contribution in [1.29, 1.82) is 0 Å². The molecule has 3 aliphatic rings. The third kappa shape index (κ3) is 7.52. The number of carboxylic acids is 1. The van der Waals surface area contributed by atoms with Crippen LogP contribution in [0.4, 0.5) is 19.0 Å². The van der Waals surface area contributed by atoms with Crippen molar-refractivity contribution < 1.29 is 32.5 Å². The minimum absolute atomic E-state index is 0.122. The second kappa shape index (κ2) is 13.4. The lowest BCUT2D eigenvalue weighted by Gasteiger charge is -2.31. The molecule has 7 nitrogen and oxygen atoms in total. The zero-order valence-electron chi connectivity index (χ0n) is 23.4. The number of hydrogen-bond donors (Lipinski definition) is 2. The molecule has 1 aromatic heterocycles. The van der Waals surface area contributed by atoms with E-state index in [1.165, 1.54) is 17.7 Å². The SMILES string of the molecule is O=C(O)[C@@H](c1cc(F)ccc1OCC1(F)CCOCC1)N1CC[C@@H](C(F)CCCCc2ccc3c(n2)NCCC3)C1. The first-order valence-corrected chi connectivity index (χ1v) is 14.8. The van der Waals surface area contributed by atoms with Crippen LogP contribution in [0.15, 0.2) is 30.3 Å². The van der Waals surface area contributed by atoms with Crippen molar-refractivity contribution in [3.05, 3.63) is 53.0 Å². The van der Waals surface area contributed by atoms with E-state index in [1.54, 1.807) is 4.90 Å². The maximum absolute atomic E-state index is 15.3. The highest BCUT2D eigenvalue weighted by atomic mass is 19.1. The van der Waals surface area contributed by atoms with Crippen LogP contribution >= 0.6 is 0 Å². The lowest BCUT2D eigenvalue weighted by atomic mass is 9.97. The topological polar surface area (TPSA) is 83.9 Å². The number of aromatic nitrogens is 1. The number of nitrogens with one attached hydrogen (secondary N) is 1. The van der Waals surface area contributed by atoms with Crippen LogP contribution in [0, 0.1) is 11.7 Å². The fraction of sp³-hybridized carbons (Fsp3) is 0.613. The van der Waals surface area contributed by atoms with E-state index in [4.69, 9.17) is 14.5 Å². The van der Waals surface area contributed by atoms with Gasteiger partial charge in [0, 0.05) is 56.3 Å². The number of carbonyl (C=O) groups is 1. The first-order chi connectivity index (χ1) is 19.8. The third-order valence-corrected chi connectivity index (χ3v) is 8.62. The van der Waals surface area contributed by atoms with Crippen LogP contribution in [0.25, 0.3) is 0 Å². The zero-order valence-corrected chi connectivity index (χ0v) is 23.4. The maximum Gasteiger partial charge on any atom is 0.325 e. The van der Waals surface area contributed by atoms with Gasteiger partial charge in [0.25, 0.3) is 0 Å². The Balaban J connectivity index is 1.15. The van der Waals surface area contributed by atoms with Gasteiger partial charge in [0.15, 0.2) is 0 Å². The molecule has 0 amide bonds. The van der Waals surface area contributed by atoms with Crippen LogP contribution in [0.3, 0.4) is 0 Å². The Labute approximate surface area is 239 Å². The Hall–Kier alpha value is -2.85. The molecule has 5 rings (SSSR count). The van der Waals surface area contributed by atoms with Gasteiger partial charge < -0.3 is 19.9 Å². The molecule has 0 aliphatic carbocycles. The standard InChI is InChI=1S/C31H40F3N3O4/c32-23-8-10-27(41-20-31(34)12-16-40-17-13-31)25(18-23)28(30(38)39)37-15-11-22(19-37)26(33)6-2-1-5-24-9-7-21-4-3-14-35-29(21)36-24/h7-10,18,22,26,28H,1-6,11-17,19-20H2,(H,35,36)(H,38,39)/t22-,26?,28-/m1/s1. The number of nitrogens with zero attached hydrogens (tertiary/aromatic N) is 2. The Bertz CT molecular complexity index is 1190. The Morgan fingerprint density at radius 3 is 2.88 bits per heavy atom. The Morgan fingerprint density at radius 2 is 2.07 bits per heavy atom. The smallest absolute Gasteiger partial charge is 0.325 e. The van der Waals surface area contributed by atoms with E-state index in [0.29, 0.717) is 25.8 Å². The second-order valence-corrected chi connectivity index (χ2v) is 11.6. The van der Waals surface area contributed by atoms with Crippen molar-refractivity contribution in [3.63, 3.8) is 0 Å². The summed E-state index contributed by atoms with van der Waals surface area (Å²) in [6, 6.07) is 6.62. The molecule has 1 unspecified atom stereocenters. The summed E-state index contributed by atoms with van der Waals surface area (Å²) in [6.07, 6.45) is 4.70. The maximum atomic E-state index is 15.3. The summed E-state index contributed by atoms with van der Waals surface area (Å²) >= 11 is 0. The Kier molecular flexibility index (Phi) is 9.70. The normalized spacial score (nSPS) is 22.0. The monoisotopic (exact) mass is 575 g/mol. The summed E-state index contributed by atoms with van der Waals surface area (Å²) in [5, 5.41) is 13.5. The number of unbranched alkanes of at least 4 members (excludes halogenated alkanes) is 1. The highest BCUT2D eigenvalue weighted by Crippen LogP contribution is 2.37. The summed E-state index contributed by atoms with van der Waals surface area (Å²) in [7, 11) is 0. The van der Waals surface area contributed by atoms with Crippen LogP contribution in [0.2, 0.25) is 0 Å². The van der Waals surface area contributed by atoms with Gasteiger partial charge in [-0.2, -0.15) is 0 Å². The number of alkyl halides is 2. The molecular formula is C31H40F3N3O4. The third-order valence-electron chi connectivity index (χ3n) is 8.62. The summed E-state index contributed by atoms with van der Waals surface area (Å²) in [6.45, 7) is 1.86. The highest BCUT2D eigenvalue weighted by molar-refractivity contribution is 5.77. The number of anilines is 1. The number of pyridine rings is 1. The molecule has 4 heterocycles. The van der Waals surface area contributed by atoms with E-state index >= 15 is 8.78 Å². The molecule has 0 spiro atoms. The van der Waals surface area contributed by atoms with E-state index in [-0.39, 0.29) is 56.4 Å². The highest BCUT2D eigenvalue weighted by Gasteiger charge is 2.39. The zero-order chi connectivity index (χ0) is 28.8. The predicted molar refractivity (Wildman–Crippen MR) is 149 cm³/mol. The molecule has 0 saturated carbocycles. The molecule has 3 aliphatic heterocycles. The molecule has 2 saturated heterocycles. The van der Waals surface area contributed by atoms with Gasteiger partial charge in [-0.1, -0.05) is 12.5 Å². The van der Waals surface area contributed by atoms with Gasteiger partial charge in [-0.15, -0.1) is 0 Å². The first kappa shape index (κ1) is 29.6. The van der Waals surface area contributed by atoms with Crippen LogP contribution in [-0.2, 0) is 22.4 Å². The number of aliphatic carboxylic acids is 1. The number of halogens is 3. The summed E-state index contributed by atoms with van der Waals surface area (Å²) < 4.78 is 55.7. The first-order valence-electron chi connectivity index (χ1n) is 14.8. The van der Waals surface area contributed by atoms with E-state index in [9.17, 15) is 14.3 Å². The number of likely N-dealkylation sites (tertiary alicyclic amines) is 1. The minimum atomic E-state index is -1.59. The number of carboxylic acid groups (broad SMARTS) is 1. The second-order valence-electron chi connectivity index (χ2n) is 11.6. The van der Waals surface area contributed by atoms with Crippen LogP contribution in [0.1, 0.15) is 67.8 Å². The van der Waals surface area contributed by atoms with Crippen molar-refractivity contribution >= 4 is 11.8 Å². The van der Waals surface area contributed by atoms with Crippen molar-refractivity contribution in [2.75, 3.05) is 44.8 Å². The van der Waals surface area contributed by atoms with Crippen LogP contribution < -0.4 is 10.1 Å². The molecule has 2 fully saturated rings. The molecule has 0 radical (unpaired) electrons. The fourth-order valence-corrected chi connectivity index (χ4v) is 6.17. The van der Waals surface area contributed by atoms with Crippen molar-refractivity contribution in [3.8, 4) is 5.75 Å². The van der Waals surface area contributed by atoms with E-state index in [1.807, 2.05) is 0 Å². The van der Waals surface area contributed by atoms with Gasteiger partial charge in [0.1, 0.15) is 41.9 Å². The van der Waals surface area contributed by atoms with Gasteiger partial charge in [-0.25, -0.2) is 18.2 Å². The van der Waals surface area contributed by atoms with Crippen LogP contribution in [-0.4, -0.2) is 72.3 Å². The molecule has 10 heteroatoms. The van der Waals surface area contributed by atoms with Gasteiger partial charge in [0.05, 0.1) is 0 Å². The molecule has 41 heavy (non-hydrogen) atoms. The van der Waals surface area contributed by atoms with Crippen molar-refractivity contribution in [2.24, 2.45) is 5.92 Å². The van der Waals surface area contributed by atoms with Gasteiger partial charge in [-0.3, -0.25) is 9.69 Å². The fourth-order valence-electron chi connectivity index (χ4n) is 6.17. The largest absolute Gasteiger partial charge is 0.490 e. The van der Waals surface area contributed by atoms with Crippen molar-refractivity contribution in [2.45, 2.75) is 75.7 Å². The molecule has 2 N–H and O–H groups in total. The average Bonchev–Trinajstić information content (AvgIpc) is 3.45. The molecule has 1 aromatic carbocycles. The molecule has 224 valence electrons. The van der Waals surface area contributed by atoms with Crippen LogP contribution in [0.5, 0.6) is 5.75 Å². The van der Waals surface area contributed by atoms with Gasteiger partial charge in [0.2, 0.25) is 0 Å². The molecule has 2 aromatic rings. The number of benzene rings is 1. The summed E-state index contributed by atoms with van der Waals surface area (Å²) in [4.78, 5) is 18.8. The summed E-state index contributed by atoms with van der Waals surface area (Å²) in [5.74, 6) is -0.992.